The standard InChI is InChI=1S/C16H16N2O4/c1-8-12(11-4-5-14(19)18-15(11)20)6-9-2-3-10(16(21)22)7-13(9)17-8/h2-3,6-7,11,16,21-22H,4-5H2,1H3,(H,18,19,20). The number of benzene rings is 1. The molecule has 1 aliphatic rings. The summed E-state index contributed by atoms with van der Waals surface area (Å²) in [7, 11) is 0. The second-order valence-corrected chi connectivity index (χ2v) is 5.49. The predicted molar refractivity (Wildman–Crippen MR) is 78.8 cm³/mol. The van der Waals surface area contributed by atoms with Crippen molar-refractivity contribution in [3.05, 3.63) is 41.1 Å². The zero-order valence-corrected chi connectivity index (χ0v) is 12.0. The number of hydrogen-bond donors (Lipinski definition) is 3. The molecule has 22 heavy (non-hydrogen) atoms. The minimum absolute atomic E-state index is 0.241. The summed E-state index contributed by atoms with van der Waals surface area (Å²) < 4.78 is 0. The van der Waals surface area contributed by atoms with Crippen LogP contribution in [0.15, 0.2) is 24.3 Å². The molecule has 1 aromatic heterocycles. The third-order valence-electron chi connectivity index (χ3n) is 3.98. The number of imide groups is 1. The van der Waals surface area contributed by atoms with Crippen LogP contribution in [0.25, 0.3) is 10.9 Å². The fourth-order valence-electron chi connectivity index (χ4n) is 2.80. The number of nitrogens with zero attached hydrogens (tertiary/aromatic N) is 1. The summed E-state index contributed by atoms with van der Waals surface area (Å²) in [5, 5.41) is 21.6. The van der Waals surface area contributed by atoms with E-state index in [0.29, 0.717) is 29.6 Å². The Hall–Kier alpha value is -2.31. The van der Waals surface area contributed by atoms with Gasteiger partial charge in [-0.2, -0.15) is 0 Å². The highest BCUT2D eigenvalue weighted by molar-refractivity contribution is 6.01. The topological polar surface area (TPSA) is 99.5 Å². The first-order valence-electron chi connectivity index (χ1n) is 7.07. The van der Waals surface area contributed by atoms with Crippen molar-refractivity contribution in [2.75, 3.05) is 0 Å². The van der Waals surface area contributed by atoms with Gasteiger partial charge in [0.2, 0.25) is 11.8 Å². The lowest BCUT2D eigenvalue weighted by atomic mass is 9.89. The van der Waals surface area contributed by atoms with Crippen LogP contribution in [0.4, 0.5) is 0 Å². The van der Waals surface area contributed by atoms with Crippen molar-refractivity contribution < 1.29 is 19.8 Å². The van der Waals surface area contributed by atoms with Gasteiger partial charge in [0, 0.05) is 23.1 Å². The Labute approximate surface area is 126 Å². The highest BCUT2D eigenvalue weighted by Gasteiger charge is 2.29. The van der Waals surface area contributed by atoms with E-state index in [1.165, 1.54) is 0 Å². The van der Waals surface area contributed by atoms with Crippen LogP contribution in [0.2, 0.25) is 0 Å². The fraction of sp³-hybridized carbons (Fsp3) is 0.312. The van der Waals surface area contributed by atoms with Gasteiger partial charge in [-0.05, 0) is 31.0 Å². The van der Waals surface area contributed by atoms with Gasteiger partial charge in [-0.15, -0.1) is 0 Å². The Morgan fingerprint density at radius 2 is 2.05 bits per heavy atom. The second kappa shape index (κ2) is 5.47. The fourth-order valence-corrected chi connectivity index (χ4v) is 2.80. The Kier molecular flexibility index (Phi) is 3.64. The molecular formula is C16H16N2O4. The molecule has 1 atom stereocenters. The number of hydrogen-bond acceptors (Lipinski definition) is 5. The first kappa shape index (κ1) is 14.6. The summed E-state index contributed by atoms with van der Waals surface area (Å²) in [4.78, 5) is 27.7. The van der Waals surface area contributed by atoms with Gasteiger partial charge in [-0.25, -0.2) is 0 Å². The van der Waals surface area contributed by atoms with Crippen molar-refractivity contribution in [3.8, 4) is 0 Å². The van der Waals surface area contributed by atoms with Gasteiger partial charge in [-0.3, -0.25) is 19.9 Å². The average molecular weight is 300 g/mol. The summed E-state index contributed by atoms with van der Waals surface area (Å²) >= 11 is 0. The zero-order chi connectivity index (χ0) is 15.9. The number of fused-ring (bicyclic) bond motifs is 1. The summed E-state index contributed by atoms with van der Waals surface area (Å²) in [5.74, 6) is -0.908. The van der Waals surface area contributed by atoms with Crippen LogP contribution in [0.3, 0.4) is 0 Å². The molecule has 3 N–H and O–H groups in total. The lowest BCUT2D eigenvalue weighted by Crippen LogP contribution is -2.39. The van der Waals surface area contributed by atoms with Crippen LogP contribution in [0, 0.1) is 6.92 Å². The molecule has 1 fully saturated rings. The van der Waals surface area contributed by atoms with E-state index >= 15 is 0 Å². The maximum atomic E-state index is 12.0. The third kappa shape index (κ3) is 2.58. The number of piperidine rings is 1. The maximum Gasteiger partial charge on any atom is 0.234 e. The Bertz CT molecular complexity index is 770. The highest BCUT2D eigenvalue weighted by atomic mass is 16.5. The van der Waals surface area contributed by atoms with Crippen LogP contribution in [0.1, 0.15) is 41.9 Å². The number of carbonyl (C=O) groups excluding carboxylic acids is 2. The number of amides is 2. The largest absolute Gasteiger partial charge is 0.364 e. The highest BCUT2D eigenvalue weighted by Crippen LogP contribution is 2.29. The minimum atomic E-state index is -1.54. The van der Waals surface area contributed by atoms with Crippen molar-refractivity contribution in [1.82, 2.24) is 10.3 Å². The van der Waals surface area contributed by atoms with Gasteiger partial charge in [0.1, 0.15) is 0 Å². The molecule has 0 aliphatic carbocycles. The molecule has 114 valence electrons. The second-order valence-electron chi connectivity index (χ2n) is 5.49. The van der Waals surface area contributed by atoms with E-state index in [-0.39, 0.29) is 17.7 Å². The van der Waals surface area contributed by atoms with E-state index in [1.807, 2.05) is 6.07 Å². The van der Waals surface area contributed by atoms with Crippen LogP contribution in [0.5, 0.6) is 0 Å². The van der Waals surface area contributed by atoms with Crippen LogP contribution in [-0.4, -0.2) is 27.0 Å². The van der Waals surface area contributed by atoms with Gasteiger partial charge in [0.25, 0.3) is 0 Å². The van der Waals surface area contributed by atoms with E-state index in [0.717, 1.165) is 10.9 Å². The van der Waals surface area contributed by atoms with Crippen molar-refractivity contribution >= 4 is 22.7 Å². The predicted octanol–water partition coefficient (Wildman–Crippen LogP) is 1.05. The molecule has 0 radical (unpaired) electrons. The molecule has 1 aliphatic heterocycles. The lowest BCUT2D eigenvalue weighted by molar-refractivity contribution is -0.134. The monoisotopic (exact) mass is 300 g/mol. The van der Waals surface area contributed by atoms with E-state index in [2.05, 4.69) is 10.3 Å². The van der Waals surface area contributed by atoms with E-state index in [1.54, 1.807) is 25.1 Å². The number of pyridine rings is 1. The van der Waals surface area contributed by atoms with E-state index in [4.69, 9.17) is 0 Å². The summed E-state index contributed by atoms with van der Waals surface area (Å²) in [6.45, 7) is 1.81. The number of carbonyl (C=O) groups is 2. The van der Waals surface area contributed by atoms with E-state index < -0.39 is 6.29 Å². The lowest BCUT2D eigenvalue weighted by Gasteiger charge is -2.22. The first-order chi connectivity index (χ1) is 10.5. The first-order valence-corrected chi connectivity index (χ1v) is 7.07. The van der Waals surface area contributed by atoms with Crippen molar-refractivity contribution in [2.24, 2.45) is 0 Å². The average Bonchev–Trinajstić information content (AvgIpc) is 2.46. The zero-order valence-electron chi connectivity index (χ0n) is 12.0. The van der Waals surface area contributed by atoms with Crippen LogP contribution in [-0.2, 0) is 9.59 Å². The number of aliphatic hydroxyl groups excluding tert-OH is 1. The van der Waals surface area contributed by atoms with Crippen molar-refractivity contribution in [1.29, 1.82) is 0 Å². The maximum absolute atomic E-state index is 12.0. The van der Waals surface area contributed by atoms with Gasteiger partial charge < -0.3 is 10.2 Å². The number of aromatic nitrogens is 1. The van der Waals surface area contributed by atoms with Crippen molar-refractivity contribution in [3.63, 3.8) is 0 Å². The Balaban J connectivity index is 2.04. The summed E-state index contributed by atoms with van der Waals surface area (Å²) in [6, 6.07) is 6.84. The molecule has 2 heterocycles. The van der Waals surface area contributed by atoms with Gasteiger partial charge in [0.15, 0.2) is 6.29 Å². The number of aliphatic hydroxyl groups is 2. The smallest absolute Gasteiger partial charge is 0.234 e. The number of nitrogens with one attached hydrogen (secondary N) is 1. The molecule has 2 amide bonds. The Morgan fingerprint density at radius 1 is 1.27 bits per heavy atom. The van der Waals surface area contributed by atoms with Gasteiger partial charge in [0.05, 0.1) is 11.4 Å². The molecule has 6 heteroatoms. The summed E-state index contributed by atoms with van der Waals surface area (Å²) in [5.41, 5.74) is 2.51. The molecule has 6 nitrogen and oxygen atoms in total. The molecule has 1 saturated heterocycles. The van der Waals surface area contributed by atoms with E-state index in [9.17, 15) is 19.8 Å². The molecule has 0 spiro atoms. The molecule has 0 bridgehead atoms. The van der Waals surface area contributed by atoms with Crippen molar-refractivity contribution in [2.45, 2.75) is 32.0 Å². The molecule has 3 rings (SSSR count). The number of aryl methyl sites for hydroxylation is 1. The number of rotatable bonds is 2. The molecule has 1 unspecified atom stereocenters. The Morgan fingerprint density at radius 3 is 2.73 bits per heavy atom. The normalized spacial score (nSPS) is 18.8. The molecular weight excluding hydrogens is 284 g/mol. The molecule has 0 saturated carbocycles. The van der Waals surface area contributed by atoms with Crippen LogP contribution < -0.4 is 5.32 Å². The van der Waals surface area contributed by atoms with Gasteiger partial charge >= 0.3 is 0 Å². The summed E-state index contributed by atoms with van der Waals surface area (Å²) in [6.07, 6.45) is -0.739. The van der Waals surface area contributed by atoms with Gasteiger partial charge in [-0.1, -0.05) is 12.1 Å². The quantitative estimate of drug-likeness (QED) is 0.568. The SMILES string of the molecule is Cc1nc2cc(C(O)O)ccc2cc1C1CCC(=O)NC1=O. The molecule has 1 aromatic carbocycles. The molecule has 2 aromatic rings. The minimum Gasteiger partial charge on any atom is -0.364 e. The third-order valence-corrected chi connectivity index (χ3v) is 3.98. The van der Waals surface area contributed by atoms with Crippen LogP contribution >= 0.6 is 0 Å².